The molecule has 0 unspecified atom stereocenters. The Morgan fingerprint density at radius 1 is 0.966 bits per heavy atom. The van der Waals surface area contributed by atoms with Gasteiger partial charge in [-0.05, 0) is 54.6 Å². The van der Waals surface area contributed by atoms with E-state index in [0.29, 0.717) is 10.8 Å². The van der Waals surface area contributed by atoms with Crippen LogP contribution < -0.4 is 36.0 Å². The zero-order chi connectivity index (χ0) is 20.2. The third-order valence-electron chi connectivity index (χ3n) is 4.04. The molecule has 0 atom stereocenters. The summed E-state index contributed by atoms with van der Waals surface area (Å²) in [4.78, 5) is 21.3. The fourth-order valence-corrected chi connectivity index (χ4v) is 5.54. The van der Waals surface area contributed by atoms with Crippen LogP contribution in [-0.2, 0) is 0 Å². The number of hydrogen-bond donors (Lipinski definition) is 1. The molecule has 1 amide bonds. The molecule has 6 nitrogen and oxygen atoms in total. The molecule has 1 N–H and O–H groups in total. The van der Waals surface area contributed by atoms with Gasteiger partial charge in [-0.15, -0.1) is 0 Å². The molecule has 0 fully saturated rings. The average molecular weight is 518 g/mol. The standard InChI is InChI=1S/C21H16IN3O3S/c1-27-15-6-3-13(4-7-15)22-14-5-9-18(23-12-14)20(26)25-21-24-17-10-8-16(28-2)11-19(17)29-21/h3-12H,1-2H3/p+1. The molecule has 4 rings (SSSR count). The average Bonchev–Trinajstić information content (AvgIpc) is 3.16. The summed E-state index contributed by atoms with van der Waals surface area (Å²) in [5.41, 5.74) is 1.18. The van der Waals surface area contributed by atoms with E-state index in [2.05, 4.69) is 27.4 Å². The van der Waals surface area contributed by atoms with Crippen LogP contribution >= 0.6 is 11.3 Å². The lowest BCUT2D eigenvalue weighted by atomic mass is 10.3. The van der Waals surface area contributed by atoms with Gasteiger partial charge in [-0.3, -0.25) is 10.1 Å². The van der Waals surface area contributed by atoms with Crippen LogP contribution in [0.25, 0.3) is 10.2 Å². The normalized spacial score (nSPS) is 10.7. The van der Waals surface area contributed by atoms with Crippen LogP contribution in [0, 0.1) is 7.14 Å². The predicted octanol–water partition coefficient (Wildman–Crippen LogP) is 1.09. The fraction of sp³-hybridized carbons (Fsp3) is 0.0952. The van der Waals surface area contributed by atoms with Gasteiger partial charge in [-0.1, -0.05) is 11.3 Å². The van der Waals surface area contributed by atoms with Gasteiger partial charge in [0.2, 0.25) is 3.57 Å². The second-order valence-corrected chi connectivity index (χ2v) is 9.98. The SMILES string of the molecule is COc1ccc([I+]c2ccc(C(=O)Nc3nc4ccc(OC)cc4s3)nc2)cc1. The first-order valence-electron chi connectivity index (χ1n) is 8.65. The number of anilines is 1. The summed E-state index contributed by atoms with van der Waals surface area (Å²) >= 11 is 1.04. The van der Waals surface area contributed by atoms with Crippen LogP contribution in [0.3, 0.4) is 0 Å². The summed E-state index contributed by atoms with van der Waals surface area (Å²) in [6, 6.07) is 17.4. The van der Waals surface area contributed by atoms with E-state index in [-0.39, 0.29) is 27.1 Å². The van der Waals surface area contributed by atoms with Crippen molar-refractivity contribution in [2.45, 2.75) is 0 Å². The number of thiazole rings is 1. The lowest BCUT2D eigenvalue weighted by molar-refractivity contribution is -0.597. The molecule has 0 saturated heterocycles. The highest BCUT2D eigenvalue weighted by Crippen LogP contribution is 2.29. The number of carbonyl (C=O) groups is 1. The Balaban J connectivity index is 1.43. The van der Waals surface area contributed by atoms with E-state index < -0.39 is 0 Å². The van der Waals surface area contributed by atoms with Crippen molar-refractivity contribution in [3.05, 3.63) is 73.6 Å². The molecule has 0 bridgehead atoms. The first kappa shape index (κ1) is 19.6. The molecule has 0 aliphatic carbocycles. The van der Waals surface area contributed by atoms with E-state index in [0.717, 1.165) is 25.3 Å². The number of hydrogen-bond acceptors (Lipinski definition) is 6. The molecule has 2 aromatic heterocycles. The summed E-state index contributed by atoms with van der Waals surface area (Å²) in [7, 11) is 3.28. The van der Waals surface area contributed by atoms with Gasteiger partial charge in [-0.25, -0.2) is 9.97 Å². The van der Waals surface area contributed by atoms with Crippen molar-refractivity contribution in [3.63, 3.8) is 0 Å². The van der Waals surface area contributed by atoms with Gasteiger partial charge >= 0.3 is 21.2 Å². The molecule has 29 heavy (non-hydrogen) atoms. The Morgan fingerprint density at radius 3 is 2.38 bits per heavy atom. The first-order valence-corrected chi connectivity index (χ1v) is 11.6. The van der Waals surface area contributed by atoms with E-state index in [1.807, 2.05) is 36.4 Å². The summed E-state index contributed by atoms with van der Waals surface area (Å²) < 4.78 is 13.8. The lowest BCUT2D eigenvalue weighted by Gasteiger charge is -1.99. The van der Waals surface area contributed by atoms with E-state index in [9.17, 15) is 4.79 Å². The number of ether oxygens (including phenoxy) is 2. The zero-order valence-electron chi connectivity index (χ0n) is 15.7. The molecule has 2 aromatic carbocycles. The van der Waals surface area contributed by atoms with Gasteiger partial charge in [0.1, 0.15) is 17.2 Å². The van der Waals surface area contributed by atoms with Crippen molar-refractivity contribution in [2.24, 2.45) is 0 Å². The van der Waals surface area contributed by atoms with Crippen molar-refractivity contribution >= 4 is 32.6 Å². The van der Waals surface area contributed by atoms with Gasteiger partial charge in [0.05, 0.1) is 30.6 Å². The highest BCUT2D eigenvalue weighted by atomic mass is 127. The van der Waals surface area contributed by atoms with Crippen molar-refractivity contribution in [3.8, 4) is 11.5 Å². The molecule has 0 spiro atoms. The number of nitrogens with one attached hydrogen (secondary N) is 1. The van der Waals surface area contributed by atoms with Crippen molar-refractivity contribution < 1.29 is 35.5 Å². The van der Waals surface area contributed by atoms with E-state index in [4.69, 9.17) is 9.47 Å². The molecular weight excluding hydrogens is 501 g/mol. The van der Waals surface area contributed by atoms with Gasteiger partial charge in [0.15, 0.2) is 8.70 Å². The number of amides is 1. The van der Waals surface area contributed by atoms with Crippen LogP contribution in [0.5, 0.6) is 11.5 Å². The number of rotatable bonds is 6. The summed E-state index contributed by atoms with van der Waals surface area (Å²) in [6.45, 7) is 0. The van der Waals surface area contributed by atoms with Crippen LogP contribution in [0.15, 0.2) is 60.8 Å². The molecule has 4 aromatic rings. The Kier molecular flexibility index (Phi) is 5.91. The third kappa shape index (κ3) is 4.65. The van der Waals surface area contributed by atoms with E-state index in [1.165, 1.54) is 14.9 Å². The second-order valence-electron chi connectivity index (χ2n) is 5.92. The Morgan fingerprint density at radius 2 is 1.69 bits per heavy atom. The van der Waals surface area contributed by atoms with Crippen LogP contribution in [0.2, 0.25) is 0 Å². The number of pyridine rings is 1. The monoisotopic (exact) mass is 518 g/mol. The van der Waals surface area contributed by atoms with Crippen LogP contribution in [0.1, 0.15) is 10.5 Å². The highest BCUT2D eigenvalue weighted by Gasteiger charge is 2.18. The van der Waals surface area contributed by atoms with Crippen molar-refractivity contribution in [1.82, 2.24) is 9.97 Å². The first-order chi connectivity index (χ1) is 14.1. The molecule has 146 valence electrons. The maximum atomic E-state index is 12.5. The van der Waals surface area contributed by atoms with Gasteiger partial charge in [0.25, 0.3) is 5.91 Å². The molecule has 0 saturated carbocycles. The number of carbonyl (C=O) groups excluding carboxylic acids is 1. The molecule has 0 aliphatic rings. The number of benzene rings is 2. The Bertz CT molecular complexity index is 1140. The zero-order valence-corrected chi connectivity index (χ0v) is 18.7. The fourth-order valence-electron chi connectivity index (χ4n) is 2.57. The lowest BCUT2D eigenvalue weighted by Crippen LogP contribution is -3.61. The molecule has 2 heterocycles. The van der Waals surface area contributed by atoms with E-state index >= 15 is 0 Å². The van der Waals surface area contributed by atoms with Crippen LogP contribution in [0.4, 0.5) is 5.13 Å². The largest absolute Gasteiger partial charge is 0.497 e. The second kappa shape index (κ2) is 8.75. The minimum absolute atomic E-state index is 0.273. The molecule has 0 aliphatic heterocycles. The van der Waals surface area contributed by atoms with Crippen LogP contribution in [-0.4, -0.2) is 30.1 Å². The topological polar surface area (TPSA) is 73.3 Å². The van der Waals surface area contributed by atoms with E-state index in [1.54, 1.807) is 26.5 Å². The smallest absolute Gasteiger partial charge is 0.359 e. The molecular formula is C21H17IN3O3S+. The molecule has 0 radical (unpaired) electrons. The number of aromatic nitrogens is 2. The number of methoxy groups -OCH3 is 2. The number of nitrogens with zero attached hydrogens (tertiary/aromatic N) is 2. The maximum Gasteiger partial charge on any atom is 0.359 e. The minimum atomic E-state index is -0.362. The van der Waals surface area contributed by atoms with Crippen molar-refractivity contribution in [1.29, 1.82) is 0 Å². The van der Waals surface area contributed by atoms with Gasteiger partial charge in [0, 0.05) is 0 Å². The highest BCUT2D eigenvalue weighted by molar-refractivity contribution is 7.22. The predicted molar refractivity (Wildman–Crippen MR) is 109 cm³/mol. The van der Waals surface area contributed by atoms with Gasteiger partial charge < -0.3 is 9.47 Å². The van der Waals surface area contributed by atoms with Gasteiger partial charge in [-0.2, -0.15) is 0 Å². The maximum absolute atomic E-state index is 12.5. The Labute approximate surface area is 182 Å². The third-order valence-corrected chi connectivity index (χ3v) is 7.58. The minimum Gasteiger partial charge on any atom is -0.497 e. The quantitative estimate of drug-likeness (QED) is 0.387. The molecule has 8 heteroatoms. The number of halogens is 1. The Hall–Kier alpha value is -2.72. The summed E-state index contributed by atoms with van der Waals surface area (Å²) in [6.07, 6.45) is 1.77. The van der Waals surface area contributed by atoms with Crippen molar-refractivity contribution in [2.75, 3.05) is 19.5 Å². The summed E-state index contributed by atoms with van der Waals surface area (Å²) in [5, 5.41) is 3.36. The summed E-state index contributed by atoms with van der Waals surface area (Å²) in [5.74, 6) is 1.33. The number of fused-ring (bicyclic) bond motifs is 1.